The molecular weight excluding hydrogens is 224 g/mol. The zero-order chi connectivity index (χ0) is 13.5. The first-order valence-corrected chi connectivity index (χ1v) is 7.50. The van der Waals surface area contributed by atoms with Gasteiger partial charge in [0.05, 0.1) is 0 Å². The number of hydrogen-bond acceptors (Lipinski definition) is 2. The van der Waals surface area contributed by atoms with Crippen molar-refractivity contribution in [3.05, 3.63) is 0 Å². The van der Waals surface area contributed by atoms with E-state index in [0.29, 0.717) is 6.42 Å². The van der Waals surface area contributed by atoms with Gasteiger partial charge in [-0.1, -0.05) is 13.8 Å². The van der Waals surface area contributed by atoms with Crippen LogP contribution >= 0.6 is 0 Å². The Morgan fingerprint density at radius 3 is 2.33 bits per heavy atom. The molecule has 0 unspecified atom stereocenters. The molecule has 1 N–H and O–H groups in total. The van der Waals surface area contributed by atoms with Gasteiger partial charge in [0.15, 0.2) is 0 Å². The number of hydrogen-bond donors (Lipinski definition) is 1. The van der Waals surface area contributed by atoms with E-state index in [2.05, 4.69) is 24.1 Å². The van der Waals surface area contributed by atoms with Gasteiger partial charge in [0.25, 0.3) is 0 Å². The fourth-order valence-corrected chi connectivity index (χ4v) is 2.70. The number of nitrogens with zero attached hydrogens (tertiary/aromatic N) is 1. The van der Waals surface area contributed by atoms with Crippen molar-refractivity contribution in [1.29, 1.82) is 0 Å². The van der Waals surface area contributed by atoms with Crippen molar-refractivity contribution >= 4 is 5.91 Å². The van der Waals surface area contributed by atoms with Gasteiger partial charge in [-0.15, -0.1) is 0 Å². The molecule has 0 aromatic carbocycles. The highest BCUT2D eigenvalue weighted by Gasteiger charge is 2.21. The summed E-state index contributed by atoms with van der Waals surface area (Å²) in [5.41, 5.74) is 0. The van der Waals surface area contributed by atoms with Crippen LogP contribution in [0, 0.1) is 11.8 Å². The second kappa shape index (κ2) is 7.78. The van der Waals surface area contributed by atoms with Gasteiger partial charge in [-0.2, -0.15) is 0 Å². The highest BCUT2D eigenvalue weighted by atomic mass is 16.1. The lowest BCUT2D eigenvalue weighted by Gasteiger charge is -2.33. The second-order valence-corrected chi connectivity index (χ2v) is 6.25. The Morgan fingerprint density at radius 2 is 1.83 bits per heavy atom. The minimum Gasteiger partial charge on any atom is -0.354 e. The van der Waals surface area contributed by atoms with Gasteiger partial charge < -0.3 is 10.2 Å². The molecular formula is C15H30N2O. The summed E-state index contributed by atoms with van der Waals surface area (Å²) in [6, 6.07) is 0.263. The van der Waals surface area contributed by atoms with Crippen molar-refractivity contribution in [3.63, 3.8) is 0 Å². The van der Waals surface area contributed by atoms with E-state index >= 15 is 0 Å². The molecule has 0 spiro atoms. The van der Waals surface area contributed by atoms with Crippen LogP contribution in [0.15, 0.2) is 0 Å². The fraction of sp³-hybridized carbons (Fsp3) is 0.933. The maximum Gasteiger partial charge on any atom is 0.220 e. The number of rotatable bonds is 6. The van der Waals surface area contributed by atoms with E-state index in [4.69, 9.17) is 0 Å². The first-order chi connectivity index (χ1) is 8.49. The third-order valence-electron chi connectivity index (χ3n) is 3.90. The van der Waals surface area contributed by atoms with Crippen molar-refractivity contribution in [2.24, 2.45) is 11.8 Å². The summed E-state index contributed by atoms with van der Waals surface area (Å²) in [6.45, 7) is 12.2. The molecule has 1 fully saturated rings. The summed E-state index contributed by atoms with van der Waals surface area (Å²) < 4.78 is 0. The molecule has 18 heavy (non-hydrogen) atoms. The van der Waals surface area contributed by atoms with E-state index in [1.807, 2.05) is 13.8 Å². The molecule has 1 aliphatic rings. The maximum absolute atomic E-state index is 11.5. The average molecular weight is 254 g/mol. The summed E-state index contributed by atoms with van der Waals surface area (Å²) in [4.78, 5) is 14.0. The molecule has 1 saturated heterocycles. The van der Waals surface area contributed by atoms with Crippen LogP contribution in [-0.2, 0) is 4.79 Å². The molecule has 1 heterocycles. The Balaban J connectivity index is 2.09. The number of amides is 1. The highest BCUT2D eigenvalue weighted by molar-refractivity contribution is 5.76. The van der Waals surface area contributed by atoms with E-state index < -0.39 is 0 Å². The fourth-order valence-electron chi connectivity index (χ4n) is 2.70. The van der Waals surface area contributed by atoms with Crippen LogP contribution in [0.5, 0.6) is 0 Å². The smallest absolute Gasteiger partial charge is 0.220 e. The summed E-state index contributed by atoms with van der Waals surface area (Å²) >= 11 is 0. The summed E-state index contributed by atoms with van der Waals surface area (Å²) in [7, 11) is 0. The van der Waals surface area contributed by atoms with Crippen LogP contribution in [-0.4, -0.2) is 36.5 Å². The van der Waals surface area contributed by atoms with Crippen LogP contribution in [0.3, 0.4) is 0 Å². The summed E-state index contributed by atoms with van der Waals surface area (Å²) in [5, 5.41) is 2.95. The normalized spacial score (nSPS) is 18.6. The SMILES string of the molecule is CC(C)NC(=O)CCCN1CCC(C(C)C)CC1. The number of likely N-dealkylation sites (tertiary alicyclic amines) is 1. The quantitative estimate of drug-likeness (QED) is 0.790. The van der Waals surface area contributed by atoms with Crippen molar-refractivity contribution < 1.29 is 4.79 Å². The second-order valence-electron chi connectivity index (χ2n) is 6.25. The van der Waals surface area contributed by atoms with E-state index in [1.54, 1.807) is 0 Å². The zero-order valence-corrected chi connectivity index (χ0v) is 12.5. The molecule has 106 valence electrons. The average Bonchev–Trinajstić information content (AvgIpc) is 2.28. The molecule has 1 rings (SSSR count). The summed E-state index contributed by atoms with van der Waals surface area (Å²) in [6.07, 6.45) is 4.32. The third kappa shape index (κ3) is 5.85. The van der Waals surface area contributed by atoms with Gasteiger partial charge in [0.2, 0.25) is 5.91 Å². The van der Waals surface area contributed by atoms with E-state index in [9.17, 15) is 4.79 Å². The van der Waals surface area contributed by atoms with Crippen LogP contribution in [0.25, 0.3) is 0 Å². The van der Waals surface area contributed by atoms with Gasteiger partial charge >= 0.3 is 0 Å². The van der Waals surface area contributed by atoms with Crippen molar-refractivity contribution in [1.82, 2.24) is 10.2 Å². The third-order valence-corrected chi connectivity index (χ3v) is 3.90. The van der Waals surface area contributed by atoms with Gasteiger partial charge in [-0.25, -0.2) is 0 Å². The number of carbonyl (C=O) groups is 1. The van der Waals surface area contributed by atoms with Crippen LogP contribution in [0.1, 0.15) is 53.4 Å². The Labute approximate surface area is 112 Å². The lowest BCUT2D eigenvalue weighted by molar-refractivity contribution is -0.121. The van der Waals surface area contributed by atoms with Crippen molar-refractivity contribution in [2.45, 2.75) is 59.4 Å². The molecule has 1 aliphatic heterocycles. The number of carbonyl (C=O) groups excluding carboxylic acids is 1. The van der Waals surface area contributed by atoms with Crippen LogP contribution in [0.4, 0.5) is 0 Å². The molecule has 0 aromatic heterocycles. The van der Waals surface area contributed by atoms with E-state index in [-0.39, 0.29) is 11.9 Å². The Hall–Kier alpha value is -0.570. The van der Waals surface area contributed by atoms with Gasteiger partial charge in [-0.3, -0.25) is 4.79 Å². The summed E-state index contributed by atoms with van der Waals surface area (Å²) in [5.74, 6) is 1.93. The topological polar surface area (TPSA) is 32.3 Å². The van der Waals surface area contributed by atoms with Gasteiger partial charge in [0, 0.05) is 12.5 Å². The van der Waals surface area contributed by atoms with Gasteiger partial charge in [-0.05, 0) is 64.6 Å². The molecule has 0 bridgehead atoms. The predicted molar refractivity (Wildman–Crippen MR) is 76.5 cm³/mol. The Kier molecular flexibility index (Phi) is 6.69. The first kappa shape index (κ1) is 15.5. The Morgan fingerprint density at radius 1 is 1.22 bits per heavy atom. The van der Waals surface area contributed by atoms with E-state index in [0.717, 1.165) is 24.8 Å². The lowest BCUT2D eigenvalue weighted by atomic mass is 9.87. The van der Waals surface area contributed by atoms with Crippen LogP contribution in [0.2, 0.25) is 0 Å². The van der Waals surface area contributed by atoms with Crippen molar-refractivity contribution in [2.75, 3.05) is 19.6 Å². The maximum atomic E-state index is 11.5. The predicted octanol–water partition coefficient (Wildman–Crippen LogP) is 2.66. The minimum atomic E-state index is 0.196. The van der Waals surface area contributed by atoms with Crippen LogP contribution < -0.4 is 5.32 Å². The highest BCUT2D eigenvalue weighted by Crippen LogP contribution is 2.24. The minimum absolute atomic E-state index is 0.196. The molecule has 0 aromatic rings. The van der Waals surface area contributed by atoms with Gasteiger partial charge in [0.1, 0.15) is 0 Å². The molecule has 0 saturated carbocycles. The van der Waals surface area contributed by atoms with E-state index in [1.165, 1.54) is 25.9 Å². The molecule has 3 heteroatoms. The lowest BCUT2D eigenvalue weighted by Crippen LogP contribution is -2.36. The monoisotopic (exact) mass is 254 g/mol. The zero-order valence-electron chi connectivity index (χ0n) is 12.5. The standard InChI is InChI=1S/C15H30N2O/c1-12(2)14-7-10-17(11-8-14)9-5-6-15(18)16-13(3)4/h12-14H,5-11H2,1-4H3,(H,16,18). The van der Waals surface area contributed by atoms with Crippen molar-refractivity contribution in [3.8, 4) is 0 Å². The first-order valence-electron chi connectivity index (χ1n) is 7.50. The molecule has 1 amide bonds. The number of nitrogens with one attached hydrogen (secondary N) is 1. The molecule has 0 atom stereocenters. The molecule has 3 nitrogen and oxygen atoms in total. The Bertz CT molecular complexity index is 243. The largest absolute Gasteiger partial charge is 0.354 e. The molecule has 0 radical (unpaired) electrons. The number of piperidine rings is 1. The molecule has 0 aliphatic carbocycles.